The van der Waals surface area contributed by atoms with Gasteiger partial charge in [0.25, 0.3) is 0 Å². The fourth-order valence-electron chi connectivity index (χ4n) is 18.9. The number of para-hydroxylation sites is 12. The van der Waals surface area contributed by atoms with Crippen molar-refractivity contribution in [2.24, 2.45) is 0 Å². The van der Waals surface area contributed by atoms with Crippen LogP contribution in [0.4, 0.5) is 0 Å². The molecule has 5 N–H and O–H groups in total. The zero-order valence-electron chi connectivity index (χ0n) is 68.9. The van der Waals surface area contributed by atoms with Crippen molar-refractivity contribution < 1.29 is 15.5 Å². The maximum absolute atomic E-state index is 15.9. The Morgan fingerprint density at radius 1 is 0.258 bits per heavy atom. The highest BCUT2D eigenvalue weighted by Crippen LogP contribution is 2.47. The lowest BCUT2D eigenvalue weighted by atomic mass is 10.0. The van der Waals surface area contributed by atoms with Gasteiger partial charge in [-0.25, -0.2) is 15.0 Å². The molecular weight excluding hydrogens is 1620 g/mol. The molecule has 0 aliphatic heterocycles. The largest absolute Gasteiger partial charge is 0.412 e. The Balaban J connectivity index is 0.000000106. The molecule has 0 aliphatic rings. The Morgan fingerprint density at radius 3 is 1.23 bits per heavy atom. The molecule has 0 fully saturated rings. The smallest absolute Gasteiger partial charge is 0.172 e. The summed E-state index contributed by atoms with van der Waals surface area (Å²) in [5.74, 6) is 0. The van der Waals surface area contributed by atoms with E-state index in [1.807, 2.05) is 85.2 Å². The average Bonchev–Trinajstić information content (AvgIpc) is 1.34. The number of imidazole rings is 3. The van der Waals surface area contributed by atoms with Crippen LogP contribution in [0.3, 0.4) is 0 Å². The van der Waals surface area contributed by atoms with E-state index >= 15 is 4.57 Å². The first-order valence-electron chi connectivity index (χ1n) is 42.3. The number of aromatic amines is 1. The van der Waals surface area contributed by atoms with Crippen LogP contribution in [0.1, 0.15) is 0 Å². The van der Waals surface area contributed by atoms with Gasteiger partial charge in [0.2, 0.25) is 0 Å². The molecule has 608 valence electrons. The first kappa shape index (κ1) is 78.5. The number of nitrogens with one attached hydrogen (secondary N) is 1. The second-order valence-electron chi connectivity index (χ2n) is 32.0. The van der Waals surface area contributed by atoms with E-state index in [2.05, 4.69) is 369 Å². The van der Waals surface area contributed by atoms with Gasteiger partial charge in [-0.05, 0) is 204 Å². The minimum Gasteiger partial charge on any atom is -0.412 e. The molecule has 0 aliphatic carbocycles. The molecule has 27 rings (SSSR count). The lowest BCUT2D eigenvalue weighted by molar-refractivity contribution is 0.592. The van der Waals surface area contributed by atoms with Gasteiger partial charge in [0.1, 0.15) is 16.9 Å². The van der Waals surface area contributed by atoms with Crippen LogP contribution in [0, 0.1) is 0 Å². The summed E-state index contributed by atoms with van der Waals surface area (Å²) >= 11 is 0. The Bertz CT molecular complexity index is 9000. The predicted octanol–water partition coefficient (Wildman–Crippen LogP) is 23.5. The molecule has 3 atom stereocenters. The predicted molar refractivity (Wildman–Crippen MR) is 544 cm³/mol. The van der Waals surface area contributed by atoms with E-state index in [-0.39, 0.29) is 11.0 Å². The van der Waals surface area contributed by atoms with E-state index in [1.165, 1.54) is 113 Å². The van der Waals surface area contributed by atoms with E-state index in [4.69, 9.17) is 19.9 Å². The fraction of sp³-hybridized carbons (Fsp3) is 0. The second-order valence-corrected chi connectivity index (χ2v) is 38.4. The Labute approximate surface area is 736 Å². The third-order valence-electron chi connectivity index (χ3n) is 24.8. The van der Waals surface area contributed by atoms with Crippen molar-refractivity contribution in [2.45, 2.75) is 0 Å². The van der Waals surface area contributed by atoms with Crippen molar-refractivity contribution >= 4 is 246 Å². The molecule has 0 spiro atoms. The quantitative estimate of drug-likeness (QED) is 0.117. The molecule has 3 unspecified atom stereocenters. The number of pyridine rings is 5. The monoisotopic (exact) mass is 1700 g/mol. The van der Waals surface area contributed by atoms with Gasteiger partial charge in [-0.1, -0.05) is 306 Å². The molecule has 0 amide bonds. The SMILES string of the molecule is O.O.O=P(c1ccc2ccccc2c1)(c1cnc2ccccc2c1)c1ccc2c3ccccc3n3c4ccccc4nc3c2c1.c1ccc(P(c2ccc3ccc4ccccc4c3c2)c2ccc3c4ccccc4n4c5ccccc5nc4c3c2)cc1.c1ccc2c(c1)[nH]c1ccccc12.c1ccc2c(c1)nc1c3cc(Pc4ccncc4)ccc3c3ccccc3n21. The van der Waals surface area contributed by atoms with E-state index < -0.39 is 15.1 Å². The summed E-state index contributed by atoms with van der Waals surface area (Å²) in [6.07, 6.45) is 5.51. The third-order valence-corrected chi connectivity index (χ3v) is 31.4. The van der Waals surface area contributed by atoms with Crippen LogP contribution < -0.4 is 42.4 Å². The van der Waals surface area contributed by atoms with Crippen LogP contribution >= 0.6 is 23.6 Å². The molecule has 18 aromatic carbocycles. The summed E-state index contributed by atoms with van der Waals surface area (Å²) in [4.78, 5) is 27.5. The Morgan fingerprint density at radius 2 is 0.648 bits per heavy atom. The molecule has 12 nitrogen and oxygen atoms in total. The number of fused-ring (bicyclic) bond motifs is 32. The van der Waals surface area contributed by atoms with Crippen molar-refractivity contribution in [3.63, 3.8) is 0 Å². The summed E-state index contributed by atoms with van der Waals surface area (Å²) in [6, 6.07) is 148. The van der Waals surface area contributed by atoms with Crippen LogP contribution in [-0.2, 0) is 4.57 Å². The average molecular weight is 1700 g/mol. The summed E-state index contributed by atoms with van der Waals surface area (Å²) in [5, 5.41) is 30.4. The van der Waals surface area contributed by atoms with Crippen LogP contribution in [-0.4, -0.2) is 54.1 Å². The lowest BCUT2D eigenvalue weighted by Crippen LogP contribution is -2.25. The van der Waals surface area contributed by atoms with Crippen molar-refractivity contribution in [2.75, 3.05) is 0 Å². The highest BCUT2D eigenvalue weighted by Gasteiger charge is 2.33. The van der Waals surface area contributed by atoms with E-state index in [9.17, 15) is 0 Å². The zero-order chi connectivity index (χ0) is 83.3. The molecule has 9 heterocycles. The number of benzene rings is 18. The number of rotatable bonds is 8. The van der Waals surface area contributed by atoms with Crippen LogP contribution in [0.15, 0.2) is 437 Å². The molecule has 0 saturated carbocycles. The molecule has 0 saturated heterocycles. The Kier molecular flexibility index (Phi) is 20.0. The molecule has 9 aromatic heterocycles. The molecule has 0 bridgehead atoms. The van der Waals surface area contributed by atoms with Crippen molar-refractivity contribution in [3.05, 3.63) is 437 Å². The minimum absolute atomic E-state index is 0. The Hall–Kier alpha value is -15.5. The summed E-state index contributed by atoms with van der Waals surface area (Å²) < 4.78 is 22.7. The van der Waals surface area contributed by atoms with Crippen molar-refractivity contribution in [3.8, 4) is 0 Å². The molecular formula is C113H78N9O3P3. The van der Waals surface area contributed by atoms with E-state index in [0.717, 1.165) is 104 Å². The lowest BCUT2D eigenvalue weighted by Gasteiger charge is -2.21. The summed E-state index contributed by atoms with van der Waals surface area (Å²) in [5.41, 5.74) is 16.0. The van der Waals surface area contributed by atoms with E-state index in [1.54, 1.807) is 6.20 Å². The molecule has 0 radical (unpaired) electrons. The fourth-order valence-corrected chi connectivity index (χ4v) is 24.9. The molecule has 27 aromatic rings. The van der Waals surface area contributed by atoms with Gasteiger partial charge >= 0.3 is 0 Å². The van der Waals surface area contributed by atoms with Gasteiger partial charge in [-0.2, -0.15) is 0 Å². The van der Waals surface area contributed by atoms with Gasteiger partial charge in [0.05, 0.1) is 55.2 Å². The number of hydrogen-bond donors (Lipinski definition) is 1. The van der Waals surface area contributed by atoms with Crippen LogP contribution in [0.5, 0.6) is 0 Å². The highest BCUT2D eigenvalue weighted by molar-refractivity contribution is 7.85. The zero-order valence-corrected chi connectivity index (χ0v) is 71.7. The van der Waals surface area contributed by atoms with Crippen LogP contribution in [0.25, 0.3) is 180 Å². The maximum Gasteiger partial charge on any atom is 0.172 e. The van der Waals surface area contributed by atoms with Crippen LogP contribution in [0.2, 0.25) is 0 Å². The number of H-pyrrole nitrogens is 1. The van der Waals surface area contributed by atoms with Crippen molar-refractivity contribution in [1.29, 1.82) is 0 Å². The van der Waals surface area contributed by atoms with Gasteiger partial charge in [-0.3, -0.25) is 23.2 Å². The van der Waals surface area contributed by atoms with Gasteiger partial charge < -0.3 is 20.5 Å². The standard InChI is InChI=1S/C39H25N2P.C38H24N3OP.C24H16N3P.C12H9N.2H2O/c1-2-11-28(12-3-1)42(29-21-20-27-19-18-26-10-4-5-13-31(26)34(27)24-29)30-22-23-32-33-14-6-8-16-37(33)41-38-17-9-7-15-36(38)40-39(41)35(32)25-30;42-43(28-18-17-25-9-1-2-10-26(25)21-28,30-22-27-11-3-5-13-34(27)39-24-30)29-19-20-31-32-12-4-7-15-36(32)41-37-16-8-6-14-35(37)40-38(41)33(31)23-29;1-3-7-22-19(5-1)18-10-9-17(28-16-11-13-25-14-12-16)15-20(18)24-26-21-6-2-4-8-23(21)27(22)24;1-3-7-11-9(5-1)10-6-2-4-8-12(10)13-11;;/h1-25H;1-24H;1-15,28H;1-8,13H;2*1H2. The highest BCUT2D eigenvalue weighted by atomic mass is 31.2. The topological polar surface area (TPSA) is 174 Å². The van der Waals surface area contributed by atoms with E-state index in [0.29, 0.717) is 13.9 Å². The number of nitrogens with zero attached hydrogens (tertiary/aromatic N) is 8. The number of hydrogen-bond acceptors (Lipinski definition) is 6. The van der Waals surface area contributed by atoms with Gasteiger partial charge in [0, 0.05) is 94.0 Å². The van der Waals surface area contributed by atoms with Gasteiger partial charge in [-0.15, -0.1) is 0 Å². The first-order valence-corrected chi connectivity index (χ1v) is 46.4. The minimum atomic E-state index is -3.36. The first-order chi connectivity index (χ1) is 62.3. The van der Waals surface area contributed by atoms with Crippen molar-refractivity contribution in [1.82, 2.24) is 43.1 Å². The normalized spacial score (nSPS) is 12.4. The summed E-state index contributed by atoms with van der Waals surface area (Å²) in [7, 11) is -3.57. The second kappa shape index (κ2) is 32.6. The molecule has 15 heteroatoms. The summed E-state index contributed by atoms with van der Waals surface area (Å²) in [6.45, 7) is 0. The number of aromatic nitrogens is 9. The third kappa shape index (κ3) is 13.4. The van der Waals surface area contributed by atoms with Gasteiger partial charge in [0.15, 0.2) is 7.14 Å². The molecule has 128 heavy (non-hydrogen) atoms. The maximum atomic E-state index is 15.9.